The van der Waals surface area contributed by atoms with Gasteiger partial charge in [-0.2, -0.15) is 0 Å². The molecule has 0 aliphatic heterocycles. The van der Waals surface area contributed by atoms with Gasteiger partial charge in [0.2, 0.25) is 5.95 Å². The summed E-state index contributed by atoms with van der Waals surface area (Å²) in [4.78, 5) is 19.8. The predicted octanol–water partition coefficient (Wildman–Crippen LogP) is 4.56. The maximum atomic E-state index is 11.3. The zero-order chi connectivity index (χ0) is 21.7. The Morgan fingerprint density at radius 2 is 1.87 bits per heavy atom. The molecule has 4 N–H and O–H groups in total. The number of nitro groups is 1. The first-order valence-electron chi connectivity index (χ1n) is 10.2. The van der Waals surface area contributed by atoms with Gasteiger partial charge in [0.1, 0.15) is 5.69 Å². The molecule has 2 aromatic carbocycles. The maximum Gasteiger partial charge on any atom is 0.293 e. The minimum atomic E-state index is -0.402. The highest BCUT2D eigenvalue weighted by Gasteiger charge is 2.25. The first kappa shape index (κ1) is 21.4. The molecular weight excluding hydrogens is 380 g/mol. The van der Waals surface area contributed by atoms with Gasteiger partial charge in [-0.15, -0.1) is 0 Å². The molecule has 0 bridgehead atoms. The Morgan fingerprint density at radius 3 is 2.53 bits per heavy atom. The van der Waals surface area contributed by atoms with Crippen molar-refractivity contribution >= 4 is 28.2 Å². The molecule has 0 amide bonds. The SMILES string of the molecule is CCNc1cc2nc(NCc3ccccc3C(N)(CC)CC)ncc2cc1[N+](=O)[O-]. The molecule has 0 saturated heterocycles. The molecule has 8 nitrogen and oxygen atoms in total. The van der Waals surface area contributed by atoms with E-state index in [1.807, 2.05) is 19.1 Å². The van der Waals surface area contributed by atoms with Gasteiger partial charge in [-0.05, 0) is 37.0 Å². The van der Waals surface area contributed by atoms with E-state index in [0.717, 1.165) is 24.0 Å². The molecule has 30 heavy (non-hydrogen) atoms. The summed E-state index contributed by atoms with van der Waals surface area (Å²) in [6.07, 6.45) is 3.29. The monoisotopic (exact) mass is 408 g/mol. The van der Waals surface area contributed by atoms with Gasteiger partial charge in [-0.1, -0.05) is 38.1 Å². The Balaban J connectivity index is 1.89. The Kier molecular flexibility index (Phi) is 6.47. The number of nitrogens with two attached hydrogens (primary N) is 1. The summed E-state index contributed by atoms with van der Waals surface area (Å²) in [5.41, 5.74) is 9.57. The molecule has 0 fully saturated rings. The highest BCUT2D eigenvalue weighted by molar-refractivity contribution is 5.87. The standard InChI is InChI=1S/C22H28N6O2/c1-4-22(23,5-2)17-10-8-7-9-15(17)13-25-21-26-14-16-11-20(28(29)30)19(24-6-3)12-18(16)27-21/h7-12,14,24H,4-6,13,23H2,1-3H3,(H,25,26,27). The van der Waals surface area contributed by atoms with Crippen molar-refractivity contribution in [1.82, 2.24) is 9.97 Å². The van der Waals surface area contributed by atoms with E-state index in [9.17, 15) is 10.1 Å². The van der Waals surface area contributed by atoms with Crippen LogP contribution in [-0.2, 0) is 12.1 Å². The third-order valence-electron chi connectivity index (χ3n) is 5.51. The zero-order valence-electron chi connectivity index (χ0n) is 17.6. The van der Waals surface area contributed by atoms with Crippen LogP contribution in [0.15, 0.2) is 42.6 Å². The Hall–Kier alpha value is -3.26. The number of anilines is 2. The lowest BCUT2D eigenvalue weighted by atomic mass is 9.83. The second kappa shape index (κ2) is 9.04. The normalized spacial score (nSPS) is 11.5. The molecule has 0 aliphatic carbocycles. The lowest BCUT2D eigenvalue weighted by molar-refractivity contribution is -0.383. The van der Waals surface area contributed by atoms with Crippen LogP contribution in [0.2, 0.25) is 0 Å². The lowest BCUT2D eigenvalue weighted by Crippen LogP contribution is -2.36. The minimum Gasteiger partial charge on any atom is -0.380 e. The summed E-state index contributed by atoms with van der Waals surface area (Å²) < 4.78 is 0. The van der Waals surface area contributed by atoms with Crippen LogP contribution < -0.4 is 16.4 Å². The Labute approximate surface area is 176 Å². The van der Waals surface area contributed by atoms with Gasteiger partial charge in [0.25, 0.3) is 5.69 Å². The fraction of sp³-hybridized carbons (Fsp3) is 0.364. The van der Waals surface area contributed by atoms with E-state index >= 15 is 0 Å². The van der Waals surface area contributed by atoms with Crippen LogP contribution in [0.3, 0.4) is 0 Å². The van der Waals surface area contributed by atoms with Gasteiger partial charge < -0.3 is 16.4 Å². The lowest BCUT2D eigenvalue weighted by Gasteiger charge is -2.29. The number of nitrogens with zero attached hydrogens (tertiary/aromatic N) is 3. The molecule has 8 heteroatoms. The molecule has 3 aromatic rings. The van der Waals surface area contributed by atoms with Crippen LogP contribution in [0.1, 0.15) is 44.7 Å². The molecule has 0 spiro atoms. The summed E-state index contributed by atoms with van der Waals surface area (Å²) in [5, 5.41) is 18.2. The molecule has 158 valence electrons. The van der Waals surface area contributed by atoms with Crippen molar-refractivity contribution in [3.05, 3.63) is 63.8 Å². The van der Waals surface area contributed by atoms with Crippen molar-refractivity contribution in [2.45, 2.75) is 45.7 Å². The number of nitrogens with one attached hydrogen (secondary N) is 2. The average molecular weight is 409 g/mol. The highest BCUT2D eigenvalue weighted by atomic mass is 16.6. The fourth-order valence-electron chi connectivity index (χ4n) is 3.60. The van der Waals surface area contributed by atoms with Crippen LogP contribution in [0.25, 0.3) is 10.9 Å². The van der Waals surface area contributed by atoms with Crippen molar-refractivity contribution in [1.29, 1.82) is 0 Å². The van der Waals surface area contributed by atoms with Crippen LogP contribution >= 0.6 is 0 Å². The smallest absolute Gasteiger partial charge is 0.293 e. The molecule has 0 unspecified atom stereocenters. The number of nitro benzene ring substituents is 1. The van der Waals surface area contributed by atoms with Gasteiger partial charge in [0.05, 0.1) is 10.4 Å². The number of benzene rings is 2. The highest BCUT2D eigenvalue weighted by Crippen LogP contribution is 2.31. The summed E-state index contributed by atoms with van der Waals surface area (Å²) in [7, 11) is 0. The summed E-state index contributed by atoms with van der Waals surface area (Å²) in [5.74, 6) is 0.462. The largest absolute Gasteiger partial charge is 0.380 e. The van der Waals surface area contributed by atoms with Crippen LogP contribution in [0, 0.1) is 10.1 Å². The molecule has 0 radical (unpaired) electrons. The van der Waals surface area contributed by atoms with Crippen LogP contribution in [0.5, 0.6) is 0 Å². The van der Waals surface area contributed by atoms with E-state index in [-0.39, 0.29) is 11.2 Å². The molecule has 0 aliphatic rings. The van der Waals surface area contributed by atoms with Crippen molar-refractivity contribution < 1.29 is 4.92 Å². The quantitative estimate of drug-likeness (QED) is 0.351. The molecular formula is C22H28N6O2. The minimum absolute atomic E-state index is 0.0148. The predicted molar refractivity (Wildman–Crippen MR) is 121 cm³/mol. The third-order valence-corrected chi connectivity index (χ3v) is 5.51. The molecule has 0 atom stereocenters. The number of hydrogen-bond acceptors (Lipinski definition) is 7. The van der Waals surface area contributed by atoms with Crippen molar-refractivity contribution in [3.8, 4) is 0 Å². The summed E-state index contributed by atoms with van der Waals surface area (Å²) in [6, 6.07) is 11.3. The van der Waals surface area contributed by atoms with Gasteiger partial charge in [0.15, 0.2) is 0 Å². The number of rotatable bonds is 9. The molecule has 0 saturated carbocycles. The van der Waals surface area contributed by atoms with E-state index in [2.05, 4.69) is 46.6 Å². The third kappa shape index (κ3) is 4.33. The molecule has 3 rings (SSSR count). The number of aromatic nitrogens is 2. The average Bonchev–Trinajstić information content (AvgIpc) is 2.76. The van der Waals surface area contributed by atoms with Crippen molar-refractivity contribution in [2.24, 2.45) is 5.73 Å². The second-order valence-corrected chi connectivity index (χ2v) is 7.28. The van der Waals surface area contributed by atoms with Crippen LogP contribution in [0.4, 0.5) is 17.3 Å². The van der Waals surface area contributed by atoms with E-state index in [4.69, 9.17) is 5.73 Å². The Bertz CT molecular complexity index is 1050. The van der Waals surface area contributed by atoms with E-state index < -0.39 is 4.92 Å². The number of fused-ring (bicyclic) bond motifs is 1. The zero-order valence-corrected chi connectivity index (χ0v) is 17.6. The van der Waals surface area contributed by atoms with E-state index in [1.54, 1.807) is 12.3 Å². The van der Waals surface area contributed by atoms with Gasteiger partial charge in [-0.3, -0.25) is 10.1 Å². The first-order valence-corrected chi connectivity index (χ1v) is 10.2. The maximum absolute atomic E-state index is 11.3. The van der Waals surface area contributed by atoms with Crippen molar-refractivity contribution in [3.63, 3.8) is 0 Å². The Morgan fingerprint density at radius 1 is 1.13 bits per heavy atom. The second-order valence-electron chi connectivity index (χ2n) is 7.28. The van der Waals surface area contributed by atoms with E-state index in [0.29, 0.717) is 35.6 Å². The van der Waals surface area contributed by atoms with Crippen molar-refractivity contribution in [2.75, 3.05) is 17.2 Å². The fourth-order valence-corrected chi connectivity index (χ4v) is 3.60. The van der Waals surface area contributed by atoms with Gasteiger partial charge in [-0.25, -0.2) is 9.97 Å². The first-order chi connectivity index (χ1) is 14.4. The topological polar surface area (TPSA) is 119 Å². The van der Waals surface area contributed by atoms with Gasteiger partial charge >= 0.3 is 0 Å². The van der Waals surface area contributed by atoms with Crippen LogP contribution in [-0.4, -0.2) is 21.4 Å². The summed E-state index contributed by atoms with van der Waals surface area (Å²) >= 11 is 0. The molecule has 1 aromatic heterocycles. The number of hydrogen-bond donors (Lipinski definition) is 3. The molecule has 1 heterocycles. The summed E-state index contributed by atoms with van der Waals surface area (Å²) in [6.45, 7) is 7.20. The van der Waals surface area contributed by atoms with Gasteiger partial charge in [0, 0.05) is 36.3 Å². The van der Waals surface area contributed by atoms with E-state index in [1.165, 1.54) is 6.07 Å².